The average molecular weight is 412 g/mol. The minimum Gasteiger partial charge on any atom is -0.393 e. The molecule has 5 N–H and O–H groups in total. The van der Waals surface area contributed by atoms with E-state index >= 15 is 0 Å². The van der Waals surface area contributed by atoms with Crippen molar-refractivity contribution in [1.82, 2.24) is 4.98 Å². The highest BCUT2D eigenvalue weighted by molar-refractivity contribution is 6.33. The molecule has 0 aliphatic heterocycles. The Hall–Kier alpha value is -2.96. The van der Waals surface area contributed by atoms with E-state index in [1.54, 1.807) is 43.5 Å². The second-order valence-electron chi connectivity index (χ2n) is 7.21. The molecule has 2 amide bonds. The molecule has 0 spiro atoms. The minimum absolute atomic E-state index is 0.0909. The molecule has 0 saturated heterocycles. The third-order valence-electron chi connectivity index (χ3n) is 5.13. The Balaban J connectivity index is 2.19. The fourth-order valence-electron chi connectivity index (χ4n) is 3.76. The highest BCUT2D eigenvalue weighted by Gasteiger charge is 2.45. The number of benzene rings is 1. The van der Waals surface area contributed by atoms with E-state index in [2.05, 4.69) is 4.98 Å². The molecular formula is C22H22ClN3O3. The summed E-state index contributed by atoms with van der Waals surface area (Å²) in [4.78, 5) is 28.7. The number of rotatable bonds is 6. The van der Waals surface area contributed by atoms with Gasteiger partial charge >= 0.3 is 0 Å². The summed E-state index contributed by atoms with van der Waals surface area (Å²) >= 11 is 6.39. The number of carbonyl (C=O) groups excluding carboxylic acids is 2. The Kier molecular flexibility index (Phi) is 5.86. The van der Waals surface area contributed by atoms with Crippen molar-refractivity contribution < 1.29 is 14.7 Å². The van der Waals surface area contributed by atoms with Gasteiger partial charge in [-0.3, -0.25) is 14.6 Å². The van der Waals surface area contributed by atoms with Gasteiger partial charge in [0.2, 0.25) is 11.8 Å². The maximum absolute atomic E-state index is 12.6. The van der Waals surface area contributed by atoms with E-state index in [0.29, 0.717) is 21.8 Å². The monoisotopic (exact) mass is 411 g/mol. The summed E-state index contributed by atoms with van der Waals surface area (Å²) in [7, 11) is 0. The van der Waals surface area contributed by atoms with E-state index in [1.807, 2.05) is 18.2 Å². The SMILES string of the molecule is CC(O)CC1(C(N)=O)C=CC(C(N)=O)=CC1c1ccc(Cl)c(-c2ccccn2)c1. The Labute approximate surface area is 173 Å². The molecule has 0 radical (unpaired) electrons. The molecule has 2 aromatic rings. The van der Waals surface area contributed by atoms with E-state index in [4.69, 9.17) is 23.1 Å². The molecule has 1 aliphatic rings. The highest BCUT2D eigenvalue weighted by Crippen LogP contribution is 2.46. The number of aliphatic hydroxyl groups is 1. The molecule has 3 unspecified atom stereocenters. The van der Waals surface area contributed by atoms with Crippen LogP contribution in [0.5, 0.6) is 0 Å². The van der Waals surface area contributed by atoms with Crippen LogP contribution in [0.3, 0.4) is 0 Å². The van der Waals surface area contributed by atoms with Gasteiger partial charge in [0.25, 0.3) is 0 Å². The number of allylic oxidation sites excluding steroid dienone is 1. The van der Waals surface area contributed by atoms with Crippen LogP contribution in [-0.2, 0) is 9.59 Å². The smallest absolute Gasteiger partial charge is 0.248 e. The number of halogens is 1. The lowest BCUT2D eigenvalue weighted by Crippen LogP contribution is -2.43. The first kappa shape index (κ1) is 20.8. The Bertz CT molecular complexity index is 1000. The normalized spacial score (nSPS) is 22.0. The largest absolute Gasteiger partial charge is 0.393 e. The molecule has 3 rings (SSSR count). The lowest BCUT2D eigenvalue weighted by Gasteiger charge is -2.38. The summed E-state index contributed by atoms with van der Waals surface area (Å²) in [5.41, 5.74) is 12.4. The van der Waals surface area contributed by atoms with Crippen molar-refractivity contribution in [2.45, 2.75) is 25.4 Å². The number of nitrogens with zero attached hydrogens (tertiary/aromatic N) is 1. The van der Waals surface area contributed by atoms with E-state index in [1.165, 1.54) is 6.08 Å². The number of primary amides is 2. The number of hydrogen-bond acceptors (Lipinski definition) is 4. The van der Waals surface area contributed by atoms with E-state index in [9.17, 15) is 14.7 Å². The van der Waals surface area contributed by atoms with Gasteiger partial charge in [0.1, 0.15) is 0 Å². The van der Waals surface area contributed by atoms with E-state index in [-0.39, 0.29) is 12.0 Å². The van der Waals surface area contributed by atoms with Gasteiger partial charge in [-0.25, -0.2) is 0 Å². The van der Waals surface area contributed by atoms with Crippen molar-refractivity contribution in [3.8, 4) is 11.3 Å². The van der Waals surface area contributed by atoms with Gasteiger partial charge in [-0.1, -0.05) is 42.0 Å². The number of nitrogens with two attached hydrogens (primary N) is 2. The van der Waals surface area contributed by atoms with Crippen LogP contribution in [0.1, 0.15) is 24.8 Å². The van der Waals surface area contributed by atoms with Gasteiger partial charge in [0.15, 0.2) is 0 Å². The molecule has 150 valence electrons. The third-order valence-corrected chi connectivity index (χ3v) is 5.46. The molecule has 7 heteroatoms. The maximum atomic E-state index is 12.6. The summed E-state index contributed by atoms with van der Waals surface area (Å²) < 4.78 is 0. The van der Waals surface area contributed by atoms with Crippen molar-refractivity contribution in [1.29, 1.82) is 0 Å². The van der Waals surface area contributed by atoms with Crippen LogP contribution in [-0.4, -0.2) is 28.0 Å². The van der Waals surface area contributed by atoms with Crippen molar-refractivity contribution >= 4 is 23.4 Å². The van der Waals surface area contributed by atoms with Gasteiger partial charge in [-0.2, -0.15) is 0 Å². The second-order valence-corrected chi connectivity index (χ2v) is 7.62. The van der Waals surface area contributed by atoms with Crippen molar-refractivity contribution in [3.63, 3.8) is 0 Å². The summed E-state index contributed by atoms with van der Waals surface area (Å²) in [6.45, 7) is 1.59. The molecule has 1 aromatic heterocycles. The highest BCUT2D eigenvalue weighted by atomic mass is 35.5. The molecule has 0 fully saturated rings. The molecule has 0 saturated carbocycles. The average Bonchev–Trinajstić information content (AvgIpc) is 2.68. The molecule has 0 bridgehead atoms. The number of amides is 2. The summed E-state index contributed by atoms with van der Waals surface area (Å²) in [6, 6.07) is 10.8. The predicted molar refractivity (Wildman–Crippen MR) is 112 cm³/mol. The van der Waals surface area contributed by atoms with Crippen LogP contribution in [0, 0.1) is 5.41 Å². The van der Waals surface area contributed by atoms with Gasteiger partial charge in [0.05, 0.1) is 17.2 Å². The second kappa shape index (κ2) is 8.19. The molecule has 1 aliphatic carbocycles. The fourth-order valence-corrected chi connectivity index (χ4v) is 3.97. The van der Waals surface area contributed by atoms with Crippen LogP contribution < -0.4 is 11.5 Å². The topological polar surface area (TPSA) is 119 Å². The molecular weight excluding hydrogens is 390 g/mol. The van der Waals surface area contributed by atoms with Crippen molar-refractivity contribution in [2.75, 3.05) is 0 Å². The summed E-state index contributed by atoms with van der Waals surface area (Å²) in [5.74, 6) is -1.82. The zero-order valence-electron chi connectivity index (χ0n) is 15.9. The lowest BCUT2D eigenvalue weighted by atomic mass is 9.65. The number of carbonyl (C=O) groups is 2. The minimum atomic E-state index is -1.22. The Morgan fingerprint density at radius 1 is 1.28 bits per heavy atom. The number of aliphatic hydroxyl groups excluding tert-OH is 1. The standard InChI is InChI=1S/C22H22ClN3O3/c1-13(27)12-22(21(25)29)8-7-15(20(24)28)11-17(22)14-5-6-18(23)16(10-14)19-4-2-3-9-26-19/h2-11,13,17,27H,12H2,1H3,(H2,24,28)(H2,25,29). The van der Waals surface area contributed by atoms with E-state index in [0.717, 1.165) is 0 Å². The Morgan fingerprint density at radius 2 is 2.03 bits per heavy atom. The van der Waals surface area contributed by atoms with Crippen LogP contribution >= 0.6 is 11.6 Å². The first-order valence-corrected chi connectivity index (χ1v) is 9.52. The van der Waals surface area contributed by atoms with Gasteiger partial charge in [-0.15, -0.1) is 0 Å². The number of pyridine rings is 1. The molecule has 1 heterocycles. The van der Waals surface area contributed by atoms with Crippen molar-refractivity contribution in [3.05, 3.63) is 77.0 Å². The maximum Gasteiger partial charge on any atom is 0.248 e. The van der Waals surface area contributed by atoms with Gasteiger partial charge in [0, 0.05) is 28.3 Å². The molecule has 3 atom stereocenters. The zero-order chi connectivity index (χ0) is 21.2. The van der Waals surface area contributed by atoms with E-state index < -0.39 is 29.3 Å². The zero-order valence-corrected chi connectivity index (χ0v) is 16.6. The summed E-state index contributed by atoms with van der Waals surface area (Å²) in [5, 5.41) is 10.5. The number of hydrogen-bond donors (Lipinski definition) is 3. The lowest BCUT2D eigenvalue weighted by molar-refractivity contribution is -0.127. The van der Waals surface area contributed by atoms with Crippen LogP contribution in [0.25, 0.3) is 11.3 Å². The Morgan fingerprint density at radius 3 is 2.62 bits per heavy atom. The number of aromatic nitrogens is 1. The first-order valence-electron chi connectivity index (χ1n) is 9.14. The van der Waals surface area contributed by atoms with Crippen LogP contribution in [0.2, 0.25) is 5.02 Å². The quantitative estimate of drug-likeness (QED) is 0.676. The molecule has 1 aromatic carbocycles. The third kappa shape index (κ3) is 4.09. The van der Waals surface area contributed by atoms with Crippen LogP contribution in [0.4, 0.5) is 0 Å². The van der Waals surface area contributed by atoms with Gasteiger partial charge < -0.3 is 16.6 Å². The van der Waals surface area contributed by atoms with Crippen LogP contribution in [0.15, 0.2) is 66.4 Å². The summed E-state index contributed by atoms with van der Waals surface area (Å²) in [6.07, 6.45) is 5.65. The molecule has 29 heavy (non-hydrogen) atoms. The first-order chi connectivity index (χ1) is 13.7. The van der Waals surface area contributed by atoms with Gasteiger partial charge in [-0.05, 0) is 43.2 Å². The fraction of sp³-hybridized carbons (Fsp3) is 0.227. The van der Waals surface area contributed by atoms with Crippen molar-refractivity contribution in [2.24, 2.45) is 16.9 Å². The molecule has 6 nitrogen and oxygen atoms in total. The predicted octanol–water partition coefficient (Wildman–Crippen LogP) is 2.71.